The lowest BCUT2D eigenvalue weighted by atomic mass is 9.89. The molecule has 2 atom stereocenters. The number of ether oxygens (including phenoxy) is 1. The summed E-state index contributed by atoms with van der Waals surface area (Å²) in [7, 11) is -5.31. The molecule has 0 bridgehead atoms. The van der Waals surface area contributed by atoms with Crippen molar-refractivity contribution in [1.82, 2.24) is 47.9 Å². The van der Waals surface area contributed by atoms with E-state index in [1.54, 1.807) is 22.5 Å². The number of likely N-dealkylation sites (tertiary alicyclic amines) is 2. The van der Waals surface area contributed by atoms with Crippen LogP contribution in [0, 0.1) is 11.3 Å². The molecule has 0 amide bonds. The number of aliphatic hydroxyl groups excluding tert-OH is 2. The molecule has 8 aromatic rings. The number of fused-ring (bicyclic) bond motifs is 4. The molecule has 4 aromatic heterocycles. The predicted octanol–water partition coefficient (Wildman–Crippen LogP) is 9.10. The van der Waals surface area contributed by atoms with E-state index in [-0.39, 0.29) is 39.3 Å². The van der Waals surface area contributed by atoms with Gasteiger partial charge in [0, 0.05) is 120 Å². The van der Waals surface area contributed by atoms with Gasteiger partial charge in [-0.1, -0.05) is 24.3 Å². The highest BCUT2D eigenvalue weighted by molar-refractivity contribution is 7.88. The van der Waals surface area contributed by atoms with Gasteiger partial charge in [-0.05, 0) is 135 Å². The molecule has 12 rings (SSSR count). The molecular weight excluding hydrogens is 1190 g/mol. The van der Waals surface area contributed by atoms with Crippen LogP contribution in [0.25, 0.3) is 44.3 Å². The number of nitrogens with one attached hydrogen (secondary N) is 2. The van der Waals surface area contributed by atoms with Gasteiger partial charge >= 0.3 is 12.4 Å². The summed E-state index contributed by atoms with van der Waals surface area (Å²) in [4.78, 5) is 11.1. The molecule has 2 fully saturated rings. The van der Waals surface area contributed by atoms with E-state index in [0.29, 0.717) is 77.0 Å². The molecule has 468 valence electrons. The van der Waals surface area contributed by atoms with Gasteiger partial charge in [0.2, 0.25) is 20.0 Å². The maximum absolute atomic E-state index is 13.2. The summed E-state index contributed by atoms with van der Waals surface area (Å²) in [6.45, 7) is 5.19. The Balaban J connectivity index is 0.000000182. The molecule has 88 heavy (non-hydrogen) atoms. The van der Waals surface area contributed by atoms with Gasteiger partial charge in [-0.25, -0.2) is 16.8 Å². The van der Waals surface area contributed by atoms with Crippen LogP contribution >= 0.6 is 0 Å². The number of benzene rings is 4. The zero-order chi connectivity index (χ0) is 62.5. The molecule has 0 radical (unpaired) electrons. The summed E-state index contributed by atoms with van der Waals surface area (Å²) in [5, 5.41) is 43.2. The quantitative estimate of drug-likeness (QED) is 0.0706. The maximum Gasteiger partial charge on any atom is 0.416 e. The first-order chi connectivity index (χ1) is 41.8. The van der Waals surface area contributed by atoms with Crippen LogP contribution in [-0.2, 0) is 71.4 Å². The van der Waals surface area contributed by atoms with Gasteiger partial charge in [-0.3, -0.25) is 9.36 Å². The van der Waals surface area contributed by atoms with Crippen LogP contribution in [0.15, 0.2) is 97.3 Å². The number of alkyl halides is 6. The Morgan fingerprint density at radius 2 is 1.01 bits per heavy atom. The number of sulfonamides is 2. The minimum atomic E-state index is -4.47. The fourth-order valence-corrected chi connectivity index (χ4v) is 14.6. The van der Waals surface area contributed by atoms with Crippen molar-refractivity contribution < 1.29 is 58.1 Å². The number of aromatic nitrogens is 6. The molecule has 18 nitrogen and oxygen atoms in total. The summed E-state index contributed by atoms with van der Waals surface area (Å²) < 4.78 is 140. The third-order valence-corrected chi connectivity index (χ3v) is 20.1. The molecular formula is C62H69F6N11O7S2. The van der Waals surface area contributed by atoms with Crippen LogP contribution in [0.1, 0.15) is 87.9 Å². The molecule has 0 spiro atoms. The number of halogens is 6. The molecule has 4 aliphatic rings. The highest BCUT2D eigenvalue weighted by Gasteiger charge is 2.36. The zero-order valence-electron chi connectivity index (χ0n) is 48.8. The van der Waals surface area contributed by atoms with Crippen molar-refractivity contribution >= 4 is 41.9 Å². The van der Waals surface area contributed by atoms with Crippen LogP contribution in [0.3, 0.4) is 0 Å². The van der Waals surface area contributed by atoms with Gasteiger partial charge in [-0.15, -0.1) is 0 Å². The predicted molar refractivity (Wildman–Crippen MR) is 320 cm³/mol. The van der Waals surface area contributed by atoms with Crippen molar-refractivity contribution in [3.8, 4) is 34.3 Å². The van der Waals surface area contributed by atoms with Crippen LogP contribution in [0.4, 0.5) is 26.3 Å². The molecule has 2 unspecified atom stereocenters. The maximum atomic E-state index is 13.2. The van der Waals surface area contributed by atoms with Crippen molar-refractivity contribution in [2.24, 2.45) is 0 Å². The number of nitriles is 1. The van der Waals surface area contributed by atoms with E-state index in [0.717, 1.165) is 122 Å². The molecule has 4 aliphatic heterocycles. The molecule has 2 saturated heterocycles. The fourth-order valence-electron chi connectivity index (χ4n) is 13.0. The minimum Gasteiger partial charge on any atom is -0.497 e. The topological polar surface area (TPSA) is 222 Å². The Bertz CT molecular complexity index is 4080. The Morgan fingerprint density at radius 3 is 1.40 bits per heavy atom. The van der Waals surface area contributed by atoms with E-state index in [1.165, 1.54) is 49.4 Å². The fraction of sp³-hybridized carbons (Fsp3) is 0.435. The number of aromatic amines is 2. The molecule has 0 aliphatic carbocycles. The van der Waals surface area contributed by atoms with Gasteiger partial charge in [-0.2, -0.15) is 50.4 Å². The smallest absolute Gasteiger partial charge is 0.416 e. The summed E-state index contributed by atoms with van der Waals surface area (Å²) >= 11 is 0. The lowest BCUT2D eigenvalue weighted by molar-refractivity contribution is -0.138. The van der Waals surface area contributed by atoms with Crippen molar-refractivity contribution in [2.75, 3.05) is 72.0 Å². The second kappa shape index (κ2) is 25.1. The lowest BCUT2D eigenvalue weighted by Gasteiger charge is -2.33. The third-order valence-electron chi connectivity index (χ3n) is 17.6. The molecule has 8 heterocycles. The van der Waals surface area contributed by atoms with E-state index in [2.05, 4.69) is 38.1 Å². The number of aliphatic hydroxyl groups is 2. The zero-order valence-corrected chi connectivity index (χ0v) is 50.5. The Kier molecular flexibility index (Phi) is 17.8. The Hall–Kier alpha value is -7.09. The highest BCUT2D eigenvalue weighted by Crippen LogP contribution is 2.39. The van der Waals surface area contributed by atoms with Gasteiger partial charge in [0.15, 0.2) is 0 Å². The van der Waals surface area contributed by atoms with Crippen LogP contribution in [-0.4, -0.2) is 159 Å². The number of hydrogen-bond donors (Lipinski definition) is 4. The van der Waals surface area contributed by atoms with Gasteiger partial charge in [0.25, 0.3) is 0 Å². The molecule has 4 N–H and O–H groups in total. The van der Waals surface area contributed by atoms with E-state index in [9.17, 15) is 58.7 Å². The first-order valence-corrected chi connectivity index (χ1v) is 32.9. The minimum absolute atomic E-state index is 0.0673. The van der Waals surface area contributed by atoms with E-state index >= 15 is 0 Å². The number of methoxy groups -OCH3 is 1. The van der Waals surface area contributed by atoms with E-state index in [1.807, 2.05) is 30.5 Å². The Morgan fingerprint density at radius 1 is 0.602 bits per heavy atom. The standard InChI is InChI=1S/C31H33F3N6O3S.C31H36F3N5O4S/c1-44(42,43)39-13-10-29-27(19-39)30(22-3-5-23(6-4-22)31(32,33)34)37-40(29)18-24(41)17-38-11-8-21(9-12-38)26-16-36-28-7-2-20(15-35)14-25(26)28;1-43-24-7-8-28-25(15-24)26(16-35-28)20-9-12-37(13-10-20)17-23(40)18-39-29-11-14-38(44(2,41)42)19-27(29)30(36-39)21-3-5-22(6-4-21)31(32,33)34/h2-7,14,16,21,24,36,41H,8-13,17-19H2,1H3;3-8,15-16,20,23,35,40H,9-14,17-19H2,1-2H3. The number of H-pyrrole nitrogens is 2. The van der Waals surface area contributed by atoms with Gasteiger partial charge in [0.1, 0.15) is 5.75 Å². The second-order valence-corrected chi connectivity index (χ2v) is 27.4. The monoisotopic (exact) mass is 1260 g/mol. The SMILES string of the molecule is COc1ccc2[nH]cc(C3CCN(CC(O)Cn4nc(-c5ccc(C(F)(F)F)cc5)c5c4CCN(S(C)(=O)=O)C5)CC3)c2c1.CS(=O)(=O)N1CCc2c(c(-c3ccc(C(F)(F)F)cc3)nn2CC(O)CN2CCC(c3c[nH]c4ccc(C#N)cc34)CC2)C1. The molecule has 0 saturated carbocycles. The lowest BCUT2D eigenvalue weighted by Crippen LogP contribution is -2.40. The average Bonchev–Trinajstić information content (AvgIpc) is 2.37. The van der Waals surface area contributed by atoms with Crippen molar-refractivity contribution in [2.45, 2.75) is 101 Å². The first-order valence-electron chi connectivity index (χ1n) is 29.2. The number of rotatable bonds is 15. The van der Waals surface area contributed by atoms with Crippen molar-refractivity contribution in [3.05, 3.63) is 148 Å². The highest BCUT2D eigenvalue weighted by atomic mass is 32.2. The number of hydrogen-bond acceptors (Lipinski definition) is 12. The molecule has 4 aromatic carbocycles. The number of nitrogens with zero attached hydrogens (tertiary/aromatic N) is 9. The van der Waals surface area contributed by atoms with Gasteiger partial charge in [0.05, 0.1) is 79.1 Å². The van der Waals surface area contributed by atoms with E-state index in [4.69, 9.17) is 14.9 Å². The summed E-state index contributed by atoms with van der Waals surface area (Å²) in [5.41, 5.74) is 8.34. The molecule has 26 heteroatoms. The largest absolute Gasteiger partial charge is 0.497 e. The van der Waals surface area contributed by atoms with Crippen molar-refractivity contribution in [1.29, 1.82) is 5.26 Å². The van der Waals surface area contributed by atoms with Gasteiger partial charge < -0.3 is 34.7 Å². The number of piperidine rings is 2. The first kappa shape index (κ1) is 62.5. The third kappa shape index (κ3) is 13.7. The van der Waals surface area contributed by atoms with E-state index < -0.39 is 55.7 Å². The van der Waals surface area contributed by atoms with Crippen LogP contribution in [0.5, 0.6) is 5.75 Å². The summed E-state index contributed by atoms with van der Waals surface area (Å²) in [5.74, 6) is 1.56. The normalized spacial score (nSPS) is 18.0. The summed E-state index contributed by atoms with van der Waals surface area (Å²) in [6, 6.07) is 23.3. The average molecular weight is 1260 g/mol. The summed E-state index contributed by atoms with van der Waals surface area (Å²) in [6.07, 6.45) is 0.455. The second-order valence-electron chi connectivity index (χ2n) is 23.5. The number of β-amino-alcohol motifs (C(OH)–C–C–N with tert-alkyl or cyclic N) is 2. The van der Waals surface area contributed by atoms with Crippen LogP contribution in [0.2, 0.25) is 0 Å². The van der Waals surface area contributed by atoms with Crippen LogP contribution < -0.4 is 4.74 Å². The van der Waals surface area contributed by atoms with Crippen molar-refractivity contribution in [3.63, 3.8) is 0 Å². The Labute approximate surface area is 506 Å².